The van der Waals surface area contributed by atoms with Crippen molar-refractivity contribution in [2.45, 2.75) is 0 Å². The first-order valence-corrected chi connectivity index (χ1v) is 3.51. The molecule has 0 saturated heterocycles. The molecule has 0 atom stereocenters. The maximum atomic E-state index is 8.32. The van der Waals surface area contributed by atoms with Gasteiger partial charge in [0.1, 0.15) is 0 Å². The minimum absolute atomic E-state index is 0.0514. The number of aliphatic hydroxyl groups excluding tert-OH is 2. The first-order valence-electron chi connectivity index (χ1n) is 3.51. The summed E-state index contributed by atoms with van der Waals surface area (Å²) in [7, 11) is 0. The van der Waals surface area contributed by atoms with Crippen LogP contribution in [0.15, 0.2) is 24.3 Å². The van der Waals surface area contributed by atoms with Crippen molar-refractivity contribution in [1.82, 2.24) is 0 Å². The first-order chi connectivity index (χ1) is 5.41. The molecule has 11 heavy (non-hydrogen) atoms. The molecule has 0 amide bonds. The van der Waals surface area contributed by atoms with Gasteiger partial charge >= 0.3 is 0 Å². The summed E-state index contributed by atoms with van der Waals surface area (Å²) in [4.78, 5) is 0. The summed E-state index contributed by atoms with van der Waals surface area (Å²) in [6.45, 7) is 1.10. The van der Waals surface area contributed by atoms with E-state index in [0.29, 0.717) is 13.2 Å². The lowest BCUT2D eigenvalue weighted by Crippen LogP contribution is -1.91. The van der Waals surface area contributed by atoms with E-state index in [4.69, 9.17) is 14.9 Å². The SMILES string of the molecule is OCC=CCOCC=CCO. The third kappa shape index (κ3) is 9.36. The summed E-state index contributed by atoms with van der Waals surface area (Å²) in [6, 6.07) is 0. The second-order valence-electron chi connectivity index (χ2n) is 1.85. The van der Waals surface area contributed by atoms with Crippen LogP contribution in [0.2, 0.25) is 0 Å². The van der Waals surface area contributed by atoms with E-state index >= 15 is 0 Å². The van der Waals surface area contributed by atoms with Crippen LogP contribution >= 0.6 is 0 Å². The van der Waals surface area contributed by atoms with Gasteiger partial charge in [0.15, 0.2) is 0 Å². The van der Waals surface area contributed by atoms with Gasteiger partial charge in [-0.3, -0.25) is 0 Å². The molecule has 0 bridgehead atoms. The normalized spacial score (nSPS) is 11.8. The van der Waals surface area contributed by atoms with Crippen LogP contribution in [0, 0.1) is 0 Å². The molecule has 0 aromatic carbocycles. The minimum Gasteiger partial charge on any atom is -0.392 e. The molecule has 3 nitrogen and oxygen atoms in total. The number of ether oxygens (including phenoxy) is 1. The Kier molecular flexibility index (Phi) is 8.82. The van der Waals surface area contributed by atoms with Gasteiger partial charge in [0.05, 0.1) is 26.4 Å². The van der Waals surface area contributed by atoms with Crippen LogP contribution in [0.1, 0.15) is 0 Å². The molecule has 0 aromatic heterocycles. The maximum absolute atomic E-state index is 8.32. The predicted molar refractivity (Wildman–Crippen MR) is 43.3 cm³/mol. The predicted octanol–water partition coefficient (Wildman–Crippen LogP) is 0.1000. The Morgan fingerprint density at radius 3 is 1.64 bits per heavy atom. The highest BCUT2D eigenvalue weighted by Gasteiger charge is 1.76. The Labute approximate surface area is 66.6 Å². The highest BCUT2D eigenvalue weighted by molar-refractivity contribution is 4.83. The van der Waals surface area contributed by atoms with Gasteiger partial charge in [-0.2, -0.15) is 0 Å². The zero-order valence-corrected chi connectivity index (χ0v) is 6.44. The van der Waals surface area contributed by atoms with Gasteiger partial charge in [0, 0.05) is 0 Å². The van der Waals surface area contributed by atoms with E-state index in [0.717, 1.165) is 0 Å². The van der Waals surface area contributed by atoms with Crippen molar-refractivity contribution in [2.75, 3.05) is 26.4 Å². The Hall–Kier alpha value is -0.640. The zero-order chi connectivity index (χ0) is 8.36. The molecule has 64 valence electrons. The Bertz CT molecular complexity index is 105. The van der Waals surface area contributed by atoms with Crippen molar-refractivity contribution in [2.24, 2.45) is 0 Å². The van der Waals surface area contributed by atoms with E-state index in [9.17, 15) is 0 Å². The molecule has 0 aromatic rings. The van der Waals surface area contributed by atoms with E-state index in [1.165, 1.54) is 0 Å². The molecule has 0 radical (unpaired) electrons. The van der Waals surface area contributed by atoms with Crippen molar-refractivity contribution in [3.63, 3.8) is 0 Å². The Morgan fingerprint density at radius 2 is 1.27 bits per heavy atom. The summed E-state index contributed by atoms with van der Waals surface area (Å²) >= 11 is 0. The standard InChI is InChI=1S/C8H14O3/c9-5-1-3-7-11-8-4-2-6-10/h1-4,9-10H,5-8H2. The summed E-state index contributed by atoms with van der Waals surface area (Å²) < 4.78 is 5.04. The number of rotatable bonds is 6. The highest BCUT2D eigenvalue weighted by atomic mass is 16.5. The lowest BCUT2D eigenvalue weighted by molar-refractivity contribution is 0.192. The van der Waals surface area contributed by atoms with Crippen molar-refractivity contribution in [3.8, 4) is 0 Å². The molecule has 3 heteroatoms. The second-order valence-corrected chi connectivity index (χ2v) is 1.85. The summed E-state index contributed by atoms with van der Waals surface area (Å²) in [5.41, 5.74) is 0. The van der Waals surface area contributed by atoms with E-state index in [2.05, 4.69) is 0 Å². The zero-order valence-electron chi connectivity index (χ0n) is 6.44. The van der Waals surface area contributed by atoms with Gasteiger partial charge in [-0.05, 0) is 0 Å². The largest absolute Gasteiger partial charge is 0.392 e. The lowest BCUT2D eigenvalue weighted by Gasteiger charge is -1.93. The molecule has 0 fully saturated rings. The third-order valence-corrected chi connectivity index (χ3v) is 0.972. The van der Waals surface area contributed by atoms with Crippen LogP contribution in [0.3, 0.4) is 0 Å². The van der Waals surface area contributed by atoms with E-state index in [1.807, 2.05) is 0 Å². The van der Waals surface area contributed by atoms with Crippen LogP contribution in [0.4, 0.5) is 0 Å². The van der Waals surface area contributed by atoms with Crippen molar-refractivity contribution < 1.29 is 14.9 Å². The van der Waals surface area contributed by atoms with Gasteiger partial charge in [0.2, 0.25) is 0 Å². The monoisotopic (exact) mass is 158 g/mol. The van der Waals surface area contributed by atoms with Crippen molar-refractivity contribution in [3.05, 3.63) is 24.3 Å². The molecular formula is C8H14O3. The van der Waals surface area contributed by atoms with Gasteiger partial charge in [-0.1, -0.05) is 24.3 Å². The van der Waals surface area contributed by atoms with E-state index < -0.39 is 0 Å². The molecule has 0 saturated carbocycles. The average molecular weight is 158 g/mol. The molecule has 2 N–H and O–H groups in total. The average Bonchev–Trinajstić information content (AvgIpc) is 2.03. The van der Waals surface area contributed by atoms with E-state index in [-0.39, 0.29) is 13.2 Å². The summed E-state index contributed by atoms with van der Waals surface area (Å²) in [5.74, 6) is 0. The smallest absolute Gasteiger partial charge is 0.0652 e. The lowest BCUT2D eigenvalue weighted by atomic mass is 10.5. The van der Waals surface area contributed by atoms with Crippen LogP contribution in [0.5, 0.6) is 0 Å². The summed E-state index contributed by atoms with van der Waals surface area (Å²) in [6.07, 6.45) is 6.73. The number of hydrogen-bond donors (Lipinski definition) is 2. The van der Waals surface area contributed by atoms with Gasteiger partial charge in [-0.25, -0.2) is 0 Å². The third-order valence-electron chi connectivity index (χ3n) is 0.972. The molecule has 0 aliphatic carbocycles. The van der Waals surface area contributed by atoms with Crippen molar-refractivity contribution in [1.29, 1.82) is 0 Å². The first kappa shape index (κ1) is 10.4. The minimum atomic E-state index is 0.0514. The molecule has 0 spiro atoms. The van der Waals surface area contributed by atoms with Crippen molar-refractivity contribution >= 4 is 0 Å². The molecule has 0 aliphatic rings. The van der Waals surface area contributed by atoms with Crippen LogP contribution in [0.25, 0.3) is 0 Å². The Morgan fingerprint density at radius 1 is 0.818 bits per heavy atom. The Balaban J connectivity index is 3.02. The molecular weight excluding hydrogens is 144 g/mol. The van der Waals surface area contributed by atoms with E-state index in [1.54, 1.807) is 24.3 Å². The number of hydrogen-bond acceptors (Lipinski definition) is 3. The van der Waals surface area contributed by atoms with Crippen LogP contribution in [-0.4, -0.2) is 36.6 Å². The second kappa shape index (κ2) is 9.36. The fourth-order valence-corrected chi connectivity index (χ4v) is 0.489. The van der Waals surface area contributed by atoms with Gasteiger partial charge < -0.3 is 14.9 Å². The van der Waals surface area contributed by atoms with Gasteiger partial charge in [-0.15, -0.1) is 0 Å². The highest BCUT2D eigenvalue weighted by Crippen LogP contribution is 1.79. The number of aliphatic hydroxyl groups is 2. The quantitative estimate of drug-likeness (QED) is 0.426. The van der Waals surface area contributed by atoms with Gasteiger partial charge in [0.25, 0.3) is 0 Å². The molecule has 0 aliphatic heterocycles. The fourth-order valence-electron chi connectivity index (χ4n) is 0.489. The van der Waals surface area contributed by atoms with Crippen LogP contribution < -0.4 is 0 Å². The maximum Gasteiger partial charge on any atom is 0.0652 e. The topological polar surface area (TPSA) is 49.7 Å². The van der Waals surface area contributed by atoms with Crippen LogP contribution in [-0.2, 0) is 4.74 Å². The molecule has 0 rings (SSSR count). The summed E-state index contributed by atoms with van der Waals surface area (Å²) in [5, 5.41) is 16.6. The molecule has 0 heterocycles. The molecule has 0 unspecified atom stereocenters. The fraction of sp³-hybridized carbons (Fsp3) is 0.500.